The standard InChI is InChI=1S/C17H34N2O/c1-3-8-16-13-18-17(15-9-5-4-6-10-15)14-19(16)11-7-12-20-2/h15-18H,3-14H2,1-2H3. The van der Waals surface area contributed by atoms with Crippen LogP contribution in [0.3, 0.4) is 0 Å². The van der Waals surface area contributed by atoms with Gasteiger partial charge in [-0.2, -0.15) is 0 Å². The minimum Gasteiger partial charge on any atom is -0.385 e. The molecule has 0 aromatic carbocycles. The maximum absolute atomic E-state index is 5.23. The molecule has 1 N–H and O–H groups in total. The van der Waals surface area contributed by atoms with Gasteiger partial charge in [-0.3, -0.25) is 4.90 Å². The van der Waals surface area contributed by atoms with E-state index in [1.807, 2.05) is 7.11 Å². The summed E-state index contributed by atoms with van der Waals surface area (Å²) in [5, 5.41) is 3.87. The Kier molecular flexibility index (Phi) is 7.32. The van der Waals surface area contributed by atoms with Gasteiger partial charge in [0.05, 0.1) is 0 Å². The molecule has 2 atom stereocenters. The maximum atomic E-state index is 5.23. The summed E-state index contributed by atoms with van der Waals surface area (Å²) in [6.07, 6.45) is 11.0. The lowest BCUT2D eigenvalue weighted by molar-refractivity contribution is 0.0800. The van der Waals surface area contributed by atoms with Crippen molar-refractivity contribution < 1.29 is 4.74 Å². The van der Waals surface area contributed by atoms with Gasteiger partial charge in [-0.1, -0.05) is 32.6 Å². The fraction of sp³-hybridized carbons (Fsp3) is 1.00. The van der Waals surface area contributed by atoms with Gasteiger partial charge in [-0.25, -0.2) is 0 Å². The van der Waals surface area contributed by atoms with Crippen LogP contribution in [0.25, 0.3) is 0 Å². The number of hydrogen-bond acceptors (Lipinski definition) is 3. The first-order valence-corrected chi connectivity index (χ1v) is 8.81. The molecule has 3 nitrogen and oxygen atoms in total. The van der Waals surface area contributed by atoms with Gasteiger partial charge in [0.25, 0.3) is 0 Å². The first-order chi connectivity index (χ1) is 9.85. The minimum absolute atomic E-state index is 0.742. The van der Waals surface area contributed by atoms with Crippen LogP contribution in [0.4, 0.5) is 0 Å². The van der Waals surface area contributed by atoms with Crippen molar-refractivity contribution in [3.8, 4) is 0 Å². The molecule has 3 heteroatoms. The van der Waals surface area contributed by atoms with E-state index in [0.29, 0.717) is 0 Å². The molecule has 2 unspecified atom stereocenters. The Hall–Kier alpha value is -0.120. The molecular formula is C17H34N2O. The monoisotopic (exact) mass is 282 g/mol. The number of hydrogen-bond donors (Lipinski definition) is 1. The average Bonchev–Trinajstić information content (AvgIpc) is 2.50. The van der Waals surface area contributed by atoms with E-state index in [0.717, 1.165) is 24.6 Å². The van der Waals surface area contributed by atoms with Crippen molar-refractivity contribution in [3.63, 3.8) is 0 Å². The zero-order valence-corrected chi connectivity index (χ0v) is 13.6. The van der Waals surface area contributed by atoms with E-state index in [1.54, 1.807) is 0 Å². The van der Waals surface area contributed by atoms with Gasteiger partial charge < -0.3 is 10.1 Å². The van der Waals surface area contributed by atoms with Crippen LogP contribution in [0.2, 0.25) is 0 Å². The molecule has 0 radical (unpaired) electrons. The smallest absolute Gasteiger partial charge is 0.0474 e. The lowest BCUT2D eigenvalue weighted by Crippen LogP contribution is -2.59. The van der Waals surface area contributed by atoms with Crippen LogP contribution in [-0.2, 0) is 4.74 Å². The van der Waals surface area contributed by atoms with E-state index in [1.165, 1.54) is 71.0 Å². The van der Waals surface area contributed by atoms with Crippen LogP contribution < -0.4 is 5.32 Å². The molecule has 118 valence electrons. The van der Waals surface area contributed by atoms with Crippen LogP contribution in [0.15, 0.2) is 0 Å². The van der Waals surface area contributed by atoms with Crippen LogP contribution in [0.1, 0.15) is 58.3 Å². The molecule has 1 aliphatic carbocycles. The quantitative estimate of drug-likeness (QED) is 0.726. The Labute approximate surface area is 125 Å². The second kappa shape index (κ2) is 9.01. The molecular weight excluding hydrogens is 248 g/mol. The predicted octanol–water partition coefficient (Wildman–Crippen LogP) is 3.05. The van der Waals surface area contributed by atoms with Crippen molar-refractivity contribution in [2.24, 2.45) is 5.92 Å². The highest BCUT2D eigenvalue weighted by Crippen LogP contribution is 2.28. The van der Waals surface area contributed by atoms with E-state index < -0.39 is 0 Å². The third-order valence-corrected chi connectivity index (χ3v) is 5.20. The van der Waals surface area contributed by atoms with E-state index in [-0.39, 0.29) is 0 Å². The van der Waals surface area contributed by atoms with Crippen LogP contribution in [0, 0.1) is 5.92 Å². The maximum Gasteiger partial charge on any atom is 0.0474 e. The summed E-state index contributed by atoms with van der Waals surface area (Å²) in [5.41, 5.74) is 0. The molecule has 0 amide bonds. The summed E-state index contributed by atoms with van der Waals surface area (Å²) < 4.78 is 5.23. The second-order valence-corrected chi connectivity index (χ2v) is 6.70. The highest BCUT2D eigenvalue weighted by atomic mass is 16.5. The molecule has 2 rings (SSSR count). The minimum atomic E-state index is 0.742. The van der Waals surface area contributed by atoms with Gasteiger partial charge in [0, 0.05) is 45.4 Å². The van der Waals surface area contributed by atoms with Gasteiger partial charge >= 0.3 is 0 Å². The summed E-state index contributed by atoms with van der Waals surface area (Å²) in [6.45, 7) is 6.88. The molecule has 0 aromatic rings. The zero-order chi connectivity index (χ0) is 14.2. The van der Waals surface area contributed by atoms with Gasteiger partial charge in [-0.05, 0) is 31.6 Å². The van der Waals surface area contributed by atoms with Crippen molar-refractivity contribution in [1.29, 1.82) is 0 Å². The lowest BCUT2D eigenvalue weighted by Gasteiger charge is -2.44. The fourth-order valence-electron chi connectivity index (χ4n) is 4.04. The number of methoxy groups -OCH3 is 1. The average molecular weight is 282 g/mol. The summed E-state index contributed by atoms with van der Waals surface area (Å²) in [6, 6.07) is 1.49. The molecule has 0 aromatic heterocycles. The fourth-order valence-corrected chi connectivity index (χ4v) is 4.04. The topological polar surface area (TPSA) is 24.5 Å². The predicted molar refractivity (Wildman–Crippen MR) is 85.1 cm³/mol. The van der Waals surface area contributed by atoms with Crippen molar-refractivity contribution in [1.82, 2.24) is 10.2 Å². The van der Waals surface area contributed by atoms with Crippen LogP contribution >= 0.6 is 0 Å². The molecule has 20 heavy (non-hydrogen) atoms. The highest BCUT2D eigenvalue weighted by molar-refractivity contribution is 4.90. The Balaban J connectivity index is 1.84. The normalized spacial score (nSPS) is 29.7. The first-order valence-electron chi connectivity index (χ1n) is 8.81. The Morgan fingerprint density at radius 2 is 2.00 bits per heavy atom. The van der Waals surface area contributed by atoms with Gasteiger partial charge in [-0.15, -0.1) is 0 Å². The van der Waals surface area contributed by atoms with Crippen molar-refractivity contribution >= 4 is 0 Å². The summed E-state index contributed by atoms with van der Waals surface area (Å²) in [5.74, 6) is 0.927. The first kappa shape index (κ1) is 16.3. The number of piperazine rings is 1. The molecule has 1 aliphatic heterocycles. The van der Waals surface area contributed by atoms with Crippen molar-refractivity contribution in [2.75, 3.05) is 33.4 Å². The summed E-state index contributed by atoms with van der Waals surface area (Å²) >= 11 is 0. The highest BCUT2D eigenvalue weighted by Gasteiger charge is 2.31. The number of nitrogens with zero attached hydrogens (tertiary/aromatic N) is 1. The Bertz CT molecular complexity index is 253. The number of nitrogens with one attached hydrogen (secondary N) is 1. The van der Waals surface area contributed by atoms with E-state index in [2.05, 4.69) is 17.1 Å². The van der Waals surface area contributed by atoms with E-state index in [9.17, 15) is 0 Å². The van der Waals surface area contributed by atoms with Gasteiger partial charge in [0.2, 0.25) is 0 Å². The summed E-state index contributed by atoms with van der Waals surface area (Å²) in [7, 11) is 1.81. The Morgan fingerprint density at radius 3 is 2.70 bits per heavy atom. The lowest BCUT2D eigenvalue weighted by atomic mass is 9.82. The third kappa shape index (κ3) is 4.71. The molecule has 1 heterocycles. The van der Waals surface area contributed by atoms with E-state index >= 15 is 0 Å². The molecule has 2 aliphatic rings. The SMILES string of the molecule is CCCC1CNC(C2CCCCC2)CN1CCCOC. The third-order valence-electron chi connectivity index (χ3n) is 5.20. The van der Waals surface area contributed by atoms with Crippen LogP contribution in [-0.4, -0.2) is 50.3 Å². The van der Waals surface area contributed by atoms with Gasteiger partial charge in [0.15, 0.2) is 0 Å². The molecule has 2 fully saturated rings. The molecule has 0 spiro atoms. The number of rotatable bonds is 7. The molecule has 1 saturated carbocycles. The van der Waals surface area contributed by atoms with E-state index in [4.69, 9.17) is 4.74 Å². The van der Waals surface area contributed by atoms with Gasteiger partial charge in [0.1, 0.15) is 0 Å². The van der Waals surface area contributed by atoms with Crippen molar-refractivity contribution in [3.05, 3.63) is 0 Å². The van der Waals surface area contributed by atoms with Crippen molar-refractivity contribution in [2.45, 2.75) is 70.4 Å². The second-order valence-electron chi connectivity index (χ2n) is 6.70. The zero-order valence-electron chi connectivity index (χ0n) is 13.6. The molecule has 1 saturated heterocycles. The summed E-state index contributed by atoms with van der Waals surface area (Å²) in [4.78, 5) is 2.75. The Morgan fingerprint density at radius 1 is 1.20 bits per heavy atom. The van der Waals surface area contributed by atoms with Crippen LogP contribution in [0.5, 0.6) is 0 Å². The molecule has 0 bridgehead atoms. The number of ether oxygens (including phenoxy) is 1. The largest absolute Gasteiger partial charge is 0.385 e.